The Hall–Kier alpha value is -2.41. The Balaban J connectivity index is 1.65. The summed E-state index contributed by atoms with van der Waals surface area (Å²) in [7, 11) is 0. The summed E-state index contributed by atoms with van der Waals surface area (Å²) in [5, 5.41) is 8.98. The number of nitrogens with zero attached hydrogens (tertiary/aromatic N) is 1. The Morgan fingerprint density at radius 1 is 0.967 bits per heavy atom. The fourth-order valence-corrected chi connectivity index (χ4v) is 5.02. The second-order valence-corrected chi connectivity index (χ2v) is 8.48. The molecular weight excluding hydrogens is 510 g/mol. The molecule has 0 saturated heterocycles. The van der Waals surface area contributed by atoms with E-state index in [4.69, 9.17) is 9.84 Å². The van der Waals surface area contributed by atoms with E-state index in [-0.39, 0.29) is 19.1 Å². The number of aliphatic hydroxyl groups is 1. The Kier molecular flexibility index (Phi) is 6.37. The van der Waals surface area contributed by atoms with Crippen LogP contribution in [0.2, 0.25) is 0 Å². The van der Waals surface area contributed by atoms with E-state index in [0.29, 0.717) is 17.7 Å². The van der Waals surface area contributed by atoms with Crippen LogP contribution in [0.3, 0.4) is 0 Å². The minimum atomic E-state index is -0.0494. The van der Waals surface area contributed by atoms with Crippen LogP contribution in [-0.2, 0) is 11.2 Å². The molecule has 6 heteroatoms. The summed E-state index contributed by atoms with van der Waals surface area (Å²) < 4.78 is 7.14. The number of hydrogen-bond donors (Lipinski definition) is 1. The predicted molar refractivity (Wildman–Crippen MR) is 126 cm³/mol. The van der Waals surface area contributed by atoms with Crippen LogP contribution in [0.4, 0.5) is 11.4 Å². The van der Waals surface area contributed by atoms with Crippen LogP contribution >= 0.6 is 31.9 Å². The van der Waals surface area contributed by atoms with Crippen LogP contribution in [0.1, 0.15) is 11.1 Å². The number of hydrogen-bond acceptors (Lipinski definition) is 3. The predicted octanol–water partition coefficient (Wildman–Crippen LogP) is 5.89. The van der Waals surface area contributed by atoms with Gasteiger partial charge in [0, 0.05) is 16.8 Å². The molecule has 1 N–H and O–H groups in total. The van der Waals surface area contributed by atoms with Gasteiger partial charge in [0.25, 0.3) is 5.91 Å². The van der Waals surface area contributed by atoms with Crippen molar-refractivity contribution in [2.75, 3.05) is 18.1 Å². The number of rotatable bonds is 6. The average Bonchev–Trinajstić information content (AvgIpc) is 3.03. The lowest BCUT2D eigenvalue weighted by atomic mass is 10.0. The zero-order valence-electron chi connectivity index (χ0n) is 16.0. The molecule has 0 bridgehead atoms. The van der Waals surface area contributed by atoms with Crippen molar-refractivity contribution in [2.45, 2.75) is 6.42 Å². The normalized spacial score (nSPS) is 14.3. The van der Waals surface area contributed by atoms with Gasteiger partial charge in [-0.15, -0.1) is 0 Å². The van der Waals surface area contributed by atoms with Gasteiger partial charge in [-0.3, -0.25) is 9.69 Å². The molecule has 0 radical (unpaired) electrons. The average molecular weight is 529 g/mol. The minimum Gasteiger partial charge on any atom is -0.489 e. The summed E-state index contributed by atoms with van der Waals surface area (Å²) in [5.41, 5.74) is 4.42. The number of amides is 1. The van der Waals surface area contributed by atoms with Crippen molar-refractivity contribution in [3.05, 3.63) is 92.9 Å². The lowest BCUT2D eigenvalue weighted by Crippen LogP contribution is -2.20. The maximum absolute atomic E-state index is 13.3. The van der Waals surface area contributed by atoms with Crippen molar-refractivity contribution in [3.8, 4) is 5.75 Å². The van der Waals surface area contributed by atoms with E-state index in [1.165, 1.54) is 0 Å². The summed E-state index contributed by atoms with van der Waals surface area (Å²) in [6.45, 7) is 0.174. The Bertz CT molecular complexity index is 1090. The van der Waals surface area contributed by atoms with Crippen molar-refractivity contribution < 1.29 is 14.6 Å². The van der Waals surface area contributed by atoms with E-state index in [9.17, 15) is 4.79 Å². The van der Waals surface area contributed by atoms with E-state index in [1.54, 1.807) is 4.90 Å². The number of carbonyl (C=O) groups is 1. The highest BCUT2D eigenvalue weighted by Crippen LogP contribution is 2.41. The van der Waals surface area contributed by atoms with E-state index in [2.05, 4.69) is 31.9 Å². The summed E-state index contributed by atoms with van der Waals surface area (Å²) in [4.78, 5) is 15.0. The van der Waals surface area contributed by atoms with Gasteiger partial charge in [-0.05, 0) is 74.2 Å². The molecule has 1 heterocycles. The largest absolute Gasteiger partial charge is 0.489 e. The summed E-state index contributed by atoms with van der Waals surface area (Å²) in [5.74, 6) is 0.626. The van der Waals surface area contributed by atoms with E-state index in [1.807, 2.05) is 72.8 Å². The number of allylic oxidation sites excluding steroid dienone is 1. The molecule has 0 fully saturated rings. The van der Waals surface area contributed by atoms with Crippen LogP contribution in [0.5, 0.6) is 5.75 Å². The second-order valence-electron chi connectivity index (χ2n) is 6.78. The lowest BCUT2D eigenvalue weighted by molar-refractivity contribution is -0.112. The quantitative estimate of drug-likeness (QED) is 0.406. The number of halogens is 2. The smallest absolute Gasteiger partial charge is 0.263 e. The van der Waals surface area contributed by atoms with Gasteiger partial charge in [-0.1, -0.05) is 42.5 Å². The number of para-hydroxylation sites is 2. The second kappa shape index (κ2) is 9.16. The number of fused-ring (bicyclic) bond motifs is 1. The van der Waals surface area contributed by atoms with Crippen LogP contribution in [0.15, 0.2) is 81.8 Å². The standard InChI is InChI=1S/C24H19Br2NO3/c25-20-14-16(15-21(26)23(20)30-13-12-28)10-11-19-18-8-4-5-9-22(18)27(24(19)29)17-6-2-1-3-7-17/h1-9,11,14-15,28H,10,12-13H2/b19-11-. The molecule has 0 spiro atoms. The van der Waals surface area contributed by atoms with E-state index >= 15 is 0 Å². The van der Waals surface area contributed by atoms with Crippen LogP contribution in [0.25, 0.3) is 5.57 Å². The van der Waals surface area contributed by atoms with Gasteiger partial charge in [0.1, 0.15) is 12.4 Å². The molecule has 4 rings (SSSR count). The van der Waals surface area contributed by atoms with E-state index < -0.39 is 0 Å². The Morgan fingerprint density at radius 3 is 2.33 bits per heavy atom. The highest BCUT2D eigenvalue weighted by Gasteiger charge is 2.32. The Morgan fingerprint density at radius 2 is 1.63 bits per heavy atom. The highest BCUT2D eigenvalue weighted by molar-refractivity contribution is 9.11. The van der Waals surface area contributed by atoms with E-state index in [0.717, 1.165) is 31.4 Å². The van der Waals surface area contributed by atoms with Crippen molar-refractivity contribution >= 4 is 54.7 Å². The molecular formula is C24H19Br2NO3. The molecule has 0 saturated carbocycles. The first-order valence-corrected chi connectivity index (χ1v) is 11.1. The zero-order valence-corrected chi connectivity index (χ0v) is 19.2. The fourth-order valence-electron chi connectivity index (χ4n) is 3.51. The molecule has 3 aromatic carbocycles. The molecule has 0 aromatic heterocycles. The van der Waals surface area contributed by atoms with Crippen LogP contribution < -0.4 is 9.64 Å². The fraction of sp³-hybridized carbons (Fsp3) is 0.125. The van der Waals surface area contributed by atoms with Crippen molar-refractivity contribution in [2.24, 2.45) is 0 Å². The van der Waals surface area contributed by atoms with Crippen LogP contribution in [0, 0.1) is 0 Å². The Labute approximate surface area is 192 Å². The molecule has 1 aliphatic rings. The number of ether oxygens (including phenoxy) is 1. The molecule has 0 unspecified atom stereocenters. The molecule has 30 heavy (non-hydrogen) atoms. The first-order valence-electron chi connectivity index (χ1n) is 9.51. The monoisotopic (exact) mass is 527 g/mol. The molecule has 0 atom stereocenters. The number of aliphatic hydroxyl groups excluding tert-OH is 1. The summed E-state index contributed by atoms with van der Waals surface area (Å²) in [6, 6.07) is 21.5. The maximum atomic E-state index is 13.3. The zero-order chi connectivity index (χ0) is 21.1. The van der Waals surface area contributed by atoms with Crippen molar-refractivity contribution in [1.82, 2.24) is 0 Å². The van der Waals surface area contributed by atoms with Gasteiger partial charge >= 0.3 is 0 Å². The van der Waals surface area contributed by atoms with Gasteiger partial charge in [-0.25, -0.2) is 0 Å². The van der Waals surface area contributed by atoms with Gasteiger partial charge in [0.2, 0.25) is 0 Å². The van der Waals surface area contributed by atoms with Crippen LogP contribution in [-0.4, -0.2) is 24.2 Å². The van der Waals surface area contributed by atoms with Gasteiger partial charge in [0.05, 0.1) is 21.2 Å². The third-order valence-corrected chi connectivity index (χ3v) is 6.00. The lowest BCUT2D eigenvalue weighted by Gasteiger charge is -2.16. The summed E-state index contributed by atoms with van der Waals surface area (Å²) >= 11 is 7.05. The first kappa shape index (κ1) is 20.8. The third kappa shape index (κ3) is 4.08. The van der Waals surface area contributed by atoms with Crippen molar-refractivity contribution in [3.63, 3.8) is 0 Å². The molecule has 1 amide bonds. The highest BCUT2D eigenvalue weighted by atomic mass is 79.9. The third-order valence-electron chi connectivity index (χ3n) is 4.82. The number of anilines is 2. The van der Waals surface area contributed by atoms with Crippen molar-refractivity contribution in [1.29, 1.82) is 0 Å². The number of carbonyl (C=O) groups excluding carboxylic acids is 1. The van der Waals surface area contributed by atoms with Gasteiger partial charge in [0.15, 0.2) is 0 Å². The SMILES string of the molecule is O=C1/C(=C\Cc2cc(Br)c(OCCO)c(Br)c2)c2ccccc2N1c1ccccc1. The molecule has 152 valence electrons. The number of benzene rings is 3. The molecule has 3 aromatic rings. The molecule has 0 aliphatic carbocycles. The first-order chi connectivity index (χ1) is 14.6. The maximum Gasteiger partial charge on any atom is 0.263 e. The molecule has 1 aliphatic heterocycles. The summed E-state index contributed by atoms with van der Waals surface area (Å²) in [6.07, 6.45) is 2.57. The van der Waals surface area contributed by atoms with Gasteiger partial charge < -0.3 is 9.84 Å². The topological polar surface area (TPSA) is 49.8 Å². The van der Waals surface area contributed by atoms with Gasteiger partial charge in [-0.2, -0.15) is 0 Å². The minimum absolute atomic E-state index is 0.0246. The molecule has 4 nitrogen and oxygen atoms in total.